The minimum Gasteiger partial charge on any atom is -0.0912 e. The molecule has 0 saturated heterocycles. The zero-order valence-corrected chi connectivity index (χ0v) is 9.66. The molecule has 60 valence electrons. The first kappa shape index (κ1) is 9.56. The van der Waals surface area contributed by atoms with Crippen molar-refractivity contribution in [3.05, 3.63) is 34.9 Å². The minimum absolute atomic E-state index is 0.302. The highest BCUT2D eigenvalue weighted by atomic mass is 79.9. The Balaban J connectivity index is 2.93. The van der Waals surface area contributed by atoms with Crippen molar-refractivity contribution in [2.24, 2.45) is 0 Å². The van der Waals surface area contributed by atoms with E-state index in [-0.39, 0.29) is 0 Å². The van der Waals surface area contributed by atoms with E-state index in [0.717, 1.165) is 15.9 Å². The number of rotatable bonds is 2. The van der Waals surface area contributed by atoms with Gasteiger partial charge < -0.3 is 0 Å². The molecular formula is C8H7Br2Cl. The molecule has 0 bridgehead atoms. The maximum absolute atomic E-state index is 5.95. The molecule has 1 unspecified atom stereocenters. The molecule has 0 nitrogen and oxygen atoms in total. The predicted octanol–water partition coefficient (Wildman–Crippen LogP) is 4.17. The van der Waals surface area contributed by atoms with Gasteiger partial charge in [-0.05, 0) is 11.6 Å². The summed E-state index contributed by atoms with van der Waals surface area (Å²) in [7, 11) is 0. The lowest BCUT2D eigenvalue weighted by Gasteiger charge is -2.07. The molecule has 0 fully saturated rings. The van der Waals surface area contributed by atoms with Crippen LogP contribution in [0.1, 0.15) is 10.4 Å². The van der Waals surface area contributed by atoms with Crippen molar-refractivity contribution in [2.75, 3.05) is 5.33 Å². The molecule has 3 heteroatoms. The summed E-state index contributed by atoms with van der Waals surface area (Å²) in [6.07, 6.45) is 0. The van der Waals surface area contributed by atoms with E-state index in [1.54, 1.807) is 0 Å². The van der Waals surface area contributed by atoms with Crippen molar-refractivity contribution in [3.8, 4) is 0 Å². The summed E-state index contributed by atoms with van der Waals surface area (Å²) >= 11 is 12.8. The van der Waals surface area contributed by atoms with Gasteiger partial charge in [-0.1, -0.05) is 61.7 Å². The molecule has 0 aromatic heterocycles. The fourth-order valence-corrected chi connectivity index (χ4v) is 1.96. The van der Waals surface area contributed by atoms with Crippen LogP contribution in [0.3, 0.4) is 0 Å². The smallest absolute Gasteiger partial charge is 0.0506 e. The van der Waals surface area contributed by atoms with Gasteiger partial charge >= 0.3 is 0 Å². The first-order chi connectivity index (χ1) is 5.25. The molecule has 0 spiro atoms. The second kappa shape index (κ2) is 4.48. The lowest BCUT2D eigenvalue weighted by Crippen LogP contribution is -1.90. The standard InChI is InChI=1S/C8H7Br2Cl/c9-5-7(10)6-3-1-2-4-8(6)11/h1-4,7H,5H2. The van der Waals surface area contributed by atoms with Crippen LogP contribution < -0.4 is 0 Å². The van der Waals surface area contributed by atoms with Gasteiger partial charge in [-0.15, -0.1) is 0 Å². The first-order valence-electron chi connectivity index (χ1n) is 3.20. The molecule has 0 amide bonds. The van der Waals surface area contributed by atoms with Gasteiger partial charge in [-0.2, -0.15) is 0 Å². The van der Waals surface area contributed by atoms with Gasteiger partial charge in [-0.25, -0.2) is 0 Å². The summed E-state index contributed by atoms with van der Waals surface area (Å²) in [4.78, 5) is 0.302. The lowest BCUT2D eigenvalue weighted by molar-refractivity contribution is 1.15. The van der Waals surface area contributed by atoms with E-state index >= 15 is 0 Å². The summed E-state index contributed by atoms with van der Waals surface area (Å²) in [5, 5.41) is 1.69. The van der Waals surface area contributed by atoms with Crippen molar-refractivity contribution in [1.29, 1.82) is 0 Å². The Kier molecular flexibility index (Phi) is 3.90. The van der Waals surface area contributed by atoms with Crippen LogP contribution in [0, 0.1) is 0 Å². The lowest BCUT2D eigenvalue weighted by atomic mass is 10.2. The molecule has 1 atom stereocenters. The van der Waals surface area contributed by atoms with Gasteiger partial charge in [0.05, 0.1) is 4.83 Å². The molecule has 11 heavy (non-hydrogen) atoms. The number of halogens is 3. The van der Waals surface area contributed by atoms with E-state index < -0.39 is 0 Å². The zero-order chi connectivity index (χ0) is 8.27. The summed E-state index contributed by atoms with van der Waals surface area (Å²) in [6, 6.07) is 7.83. The van der Waals surface area contributed by atoms with Crippen molar-refractivity contribution in [1.82, 2.24) is 0 Å². The fraction of sp³-hybridized carbons (Fsp3) is 0.250. The van der Waals surface area contributed by atoms with E-state index in [9.17, 15) is 0 Å². The zero-order valence-electron chi connectivity index (χ0n) is 5.73. The number of hydrogen-bond acceptors (Lipinski definition) is 0. The molecule has 0 aliphatic heterocycles. The van der Waals surface area contributed by atoms with Crippen LogP contribution in [0.5, 0.6) is 0 Å². The van der Waals surface area contributed by atoms with Gasteiger partial charge in [0.2, 0.25) is 0 Å². The molecule has 0 aliphatic carbocycles. The third-order valence-electron chi connectivity index (χ3n) is 1.38. The largest absolute Gasteiger partial charge is 0.0912 e. The number of hydrogen-bond donors (Lipinski definition) is 0. The van der Waals surface area contributed by atoms with E-state index in [1.165, 1.54) is 0 Å². The molecule has 1 aromatic rings. The van der Waals surface area contributed by atoms with Crippen LogP contribution in [-0.4, -0.2) is 5.33 Å². The molecular weight excluding hydrogens is 291 g/mol. The van der Waals surface area contributed by atoms with Crippen molar-refractivity contribution >= 4 is 43.5 Å². The van der Waals surface area contributed by atoms with Crippen LogP contribution >= 0.6 is 43.5 Å². The van der Waals surface area contributed by atoms with Crippen LogP contribution in [0.25, 0.3) is 0 Å². The average molecular weight is 298 g/mol. The fourth-order valence-electron chi connectivity index (χ4n) is 0.812. The van der Waals surface area contributed by atoms with Crippen molar-refractivity contribution in [3.63, 3.8) is 0 Å². The first-order valence-corrected chi connectivity index (χ1v) is 5.61. The van der Waals surface area contributed by atoms with Crippen molar-refractivity contribution < 1.29 is 0 Å². The summed E-state index contributed by atoms with van der Waals surface area (Å²) in [6.45, 7) is 0. The Morgan fingerprint density at radius 3 is 2.55 bits per heavy atom. The Morgan fingerprint density at radius 1 is 1.36 bits per heavy atom. The van der Waals surface area contributed by atoms with Crippen LogP contribution in [0.2, 0.25) is 5.02 Å². The average Bonchev–Trinajstić information content (AvgIpc) is 2.04. The summed E-state index contributed by atoms with van der Waals surface area (Å²) in [5.41, 5.74) is 1.13. The Hall–Kier alpha value is 0.470. The van der Waals surface area contributed by atoms with E-state index in [4.69, 9.17) is 11.6 Å². The molecule has 0 radical (unpaired) electrons. The van der Waals surface area contributed by atoms with Gasteiger partial charge in [0.1, 0.15) is 0 Å². The van der Waals surface area contributed by atoms with E-state index in [2.05, 4.69) is 31.9 Å². The Bertz CT molecular complexity index is 237. The number of benzene rings is 1. The maximum atomic E-state index is 5.95. The Morgan fingerprint density at radius 2 is 2.00 bits per heavy atom. The monoisotopic (exact) mass is 296 g/mol. The molecule has 0 N–H and O–H groups in total. The van der Waals surface area contributed by atoms with Gasteiger partial charge in [-0.3, -0.25) is 0 Å². The highest BCUT2D eigenvalue weighted by molar-refractivity contribution is 9.12. The quantitative estimate of drug-likeness (QED) is 0.719. The van der Waals surface area contributed by atoms with E-state index in [0.29, 0.717) is 4.83 Å². The van der Waals surface area contributed by atoms with Crippen LogP contribution in [-0.2, 0) is 0 Å². The molecule has 0 saturated carbocycles. The highest BCUT2D eigenvalue weighted by Crippen LogP contribution is 2.30. The van der Waals surface area contributed by atoms with Gasteiger partial charge in [0.25, 0.3) is 0 Å². The molecule has 1 aromatic carbocycles. The maximum Gasteiger partial charge on any atom is 0.0506 e. The third-order valence-corrected chi connectivity index (χ3v) is 4.06. The van der Waals surface area contributed by atoms with E-state index in [1.807, 2.05) is 24.3 Å². The van der Waals surface area contributed by atoms with Crippen LogP contribution in [0.15, 0.2) is 24.3 Å². The highest BCUT2D eigenvalue weighted by Gasteiger charge is 2.07. The molecule has 0 heterocycles. The van der Waals surface area contributed by atoms with Gasteiger partial charge in [0, 0.05) is 10.4 Å². The predicted molar refractivity (Wildman–Crippen MR) is 56.9 cm³/mol. The molecule has 1 rings (SSSR count). The SMILES string of the molecule is Clc1ccccc1C(Br)CBr. The third kappa shape index (κ3) is 2.46. The summed E-state index contributed by atoms with van der Waals surface area (Å²) < 4.78 is 0. The second-order valence-electron chi connectivity index (χ2n) is 2.14. The summed E-state index contributed by atoms with van der Waals surface area (Å²) in [5.74, 6) is 0. The number of alkyl halides is 2. The topological polar surface area (TPSA) is 0 Å². The minimum atomic E-state index is 0.302. The Labute approximate surface area is 88.2 Å². The van der Waals surface area contributed by atoms with Gasteiger partial charge in [0.15, 0.2) is 0 Å². The van der Waals surface area contributed by atoms with Crippen molar-refractivity contribution in [2.45, 2.75) is 4.83 Å². The molecule has 0 aliphatic rings. The normalized spacial score (nSPS) is 13.0. The second-order valence-corrected chi connectivity index (χ2v) is 4.30. The van der Waals surface area contributed by atoms with Crippen LogP contribution in [0.4, 0.5) is 0 Å².